The van der Waals surface area contributed by atoms with Gasteiger partial charge < -0.3 is 14.2 Å². The highest BCUT2D eigenvalue weighted by molar-refractivity contribution is 6.17. The molecule has 5 rings (SSSR count). The molecule has 7 nitrogen and oxygen atoms in total. The number of rotatable bonds is 7. The zero-order valence-corrected chi connectivity index (χ0v) is 21.5. The Kier molecular flexibility index (Phi) is 6.73. The average Bonchev–Trinajstić information content (AvgIpc) is 3.16. The van der Waals surface area contributed by atoms with Crippen LogP contribution in [0.4, 0.5) is 5.82 Å². The minimum atomic E-state index is -0.643. The monoisotopic (exact) mass is 490 g/mol. The molecule has 2 aliphatic heterocycles. The summed E-state index contributed by atoms with van der Waals surface area (Å²) in [4.78, 5) is 33.9. The molecular weight excluding hydrogens is 456 g/mol. The zero-order valence-electron chi connectivity index (χ0n) is 21.5. The van der Waals surface area contributed by atoms with Crippen LogP contribution in [0.2, 0.25) is 0 Å². The van der Waals surface area contributed by atoms with Crippen LogP contribution in [0, 0.1) is 18.8 Å². The maximum absolute atomic E-state index is 13.8. The third-order valence-corrected chi connectivity index (χ3v) is 7.34. The first-order valence-corrected chi connectivity index (χ1v) is 12.9. The predicted molar refractivity (Wildman–Crippen MR) is 136 cm³/mol. The van der Waals surface area contributed by atoms with Gasteiger partial charge in [0.1, 0.15) is 11.9 Å². The van der Waals surface area contributed by atoms with Crippen LogP contribution in [0.3, 0.4) is 0 Å². The van der Waals surface area contributed by atoms with Crippen molar-refractivity contribution in [1.82, 2.24) is 4.98 Å². The van der Waals surface area contributed by atoms with Gasteiger partial charge in [0.05, 0.1) is 31.2 Å². The van der Waals surface area contributed by atoms with Crippen molar-refractivity contribution < 1.29 is 23.8 Å². The first-order chi connectivity index (χ1) is 17.4. The number of carbonyl (C=O) groups is 2. The van der Waals surface area contributed by atoms with Crippen LogP contribution in [0.15, 0.2) is 47.7 Å². The Morgan fingerprint density at radius 1 is 1.11 bits per heavy atom. The number of nitrogens with zero attached hydrogens (tertiary/aromatic N) is 2. The van der Waals surface area contributed by atoms with Crippen LogP contribution < -0.4 is 14.4 Å². The number of pyridine rings is 1. The lowest BCUT2D eigenvalue weighted by Gasteiger charge is -2.35. The number of ether oxygens (including phenoxy) is 3. The smallest absolute Gasteiger partial charge is 0.295 e. The molecule has 1 aromatic carbocycles. The number of ketones is 1. The second-order valence-corrected chi connectivity index (χ2v) is 10.3. The van der Waals surface area contributed by atoms with Crippen molar-refractivity contribution in [2.45, 2.75) is 65.0 Å². The highest BCUT2D eigenvalue weighted by atomic mass is 16.5. The van der Waals surface area contributed by atoms with Crippen molar-refractivity contribution in [2.75, 3.05) is 18.6 Å². The molecule has 7 heteroatoms. The molecule has 3 atom stereocenters. The van der Waals surface area contributed by atoms with Crippen molar-refractivity contribution in [2.24, 2.45) is 11.8 Å². The second-order valence-electron chi connectivity index (χ2n) is 10.3. The Labute approximate surface area is 212 Å². The van der Waals surface area contributed by atoms with Gasteiger partial charge in [-0.25, -0.2) is 4.98 Å². The van der Waals surface area contributed by atoms with E-state index in [1.165, 1.54) is 0 Å². The minimum absolute atomic E-state index is 0.0191. The summed E-state index contributed by atoms with van der Waals surface area (Å²) in [6.45, 7) is 6.77. The van der Waals surface area contributed by atoms with Gasteiger partial charge in [-0.3, -0.25) is 14.5 Å². The standard InChI is InChI=1S/C29H34N2O5/c1-17(2)14-15-35-22-13-12-19(16-23(22)34-4)26-25-27(32)20-9-5-6-10-21(20)36-28(25)29(33)31(26)24-11-7-8-18(3)30-24/h7-8,11-13,16-17,20-21,26H,5-6,9-10,14-15H2,1-4H3. The summed E-state index contributed by atoms with van der Waals surface area (Å²) >= 11 is 0. The molecule has 0 radical (unpaired) electrons. The summed E-state index contributed by atoms with van der Waals surface area (Å²) in [5.74, 6) is 1.89. The number of aromatic nitrogens is 1. The summed E-state index contributed by atoms with van der Waals surface area (Å²) in [7, 11) is 1.60. The maximum Gasteiger partial charge on any atom is 0.295 e. The van der Waals surface area contributed by atoms with Crippen molar-refractivity contribution in [1.29, 1.82) is 0 Å². The molecule has 190 valence electrons. The van der Waals surface area contributed by atoms with E-state index in [0.717, 1.165) is 43.4 Å². The molecule has 0 bridgehead atoms. The molecule has 3 aliphatic rings. The van der Waals surface area contributed by atoms with Crippen LogP contribution in [0.5, 0.6) is 11.5 Å². The average molecular weight is 491 g/mol. The maximum atomic E-state index is 13.8. The third-order valence-electron chi connectivity index (χ3n) is 7.34. The Morgan fingerprint density at radius 2 is 1.92 bits per heavy atom. The van der Waals surface area contributed by atoms with Gasteiger partial charge >= 0.3 is 0 Å². The predicted octanol–water partition coefficient (Wildman–Crippen LogP) is 5.32. The van der Waals surface area contributed by atoms with Crippen LogP contribution in [0.25, 0.3) is 0 Å². The highest BCUT2D eigenvalue weighted by Crippen LogP contribution is 2.49. The van der Waals surface area contributed by atoms with E-state index >= 15 is 0 Å². The summed E-state index contributed by atoms with van der Waals surface area (Å²) in [6, 6.07) is 10.5. The van der Waals surface area contributed by atoms with Crippen molar-refractivity contribution >= 4 is 17.5 Å². The number of Topliss-reactive ketones (excluding diaryl/α,β-unsaturated/α-hetero) is 1. The van der Waals surface area contributed by atoms with Crippen LogP contribution in [-0.2, 0) is 14.3 Å². The molecule has 1 fully saturated rings. The lowest BCUT2D eigenvalue weighted by Crippen LogP contribution is -2.39. The van der Waals surface area contributed by atoms with Gasteiger partial charge in [0.15, 0.2) is 23.0 Å². The summed E-state index contributed by atoms with van der Waals surface area (Å²) in [6.07, 6.45) is 4.29. The lowest BCUT2D eigenvalue weighted by atomic mass is 9.77. The van der Waals surface area contributed by atoms with E-state index in [-0.39, 0.29) is 29.5 Å². The van der Waals surface area contributed by atoms with Gasteiger partial charge in [0.2, 0.25) is 0 Å². The number of carbonyl (C=O) groups excluding carboxylic acids is 2. The van der Waals surface area contributed by atoms with Gasteiger partial charge in [-0.15, -0.1) is 0 Å². The number of aryl methyl sites for hydroxylation is 1. The number of hydrogen-bond donors (Lipinski definition) is 0. The molecule has 36 heavy (non-hydrogen) atoms. The van der Waals surface area contributed by atoms with Gasteiger partial charge in [-0.05, 0) is 68.4 Å². The number of amides is 1. The minimum Gasteiger partial charge on any atom is -0.493 e. The Balaban J connectivity index is 1.58. The Bertz CT molecular complexity index is 1200. The molecule has 3 heterocycles. The fraction of sp³-hybridized carbons (Fsp3) is 0.483. The quantitative estimate of drug-likeness (QED) is 0.523. The Hall–Kier alpha value is -3.35. The van der Waals surface area contributed by atoms with E-state index in [2.05, 4.69) is 18.8 Å². The number of methoxy groups -OCH3 is 1. The zero-order chi connectivity index (χ0) is 25.4. The normalized spacial score (nSPS) is 23.5. The molecule has 0 saturated heterocycles. The fourth-order valence-electron chi connectivity index (χ4n) is 5.44. The van der Waals surface area contributed by atoms with E-state index in [0.29, 0.717) is 35.4 Å². The topological polar surface area (TPSA) is 78.0 Å². The van der Waals surface area contributed by atoms with E-state index in [1.807, 2.05) is 37.3 Å². The van der Waals surface area contributed by atoms with E-state index < -0.39 is 6.04 Å². The van der Waals surface area contributed by atoms with E-state index in [9.17, 15) is 9.59 Å². The van der Waals surface area contributed by atoms with Gasteiger partial charge in [0, 0.05) is 5.69 Å². The fourth-order valence-corrected chi connectivity index (χ4v) is 5.44. The molecule has 1 aromatic heterocycles. The summed E-state index contributed by atoms with van der Waals surface area (Å²) < 4.78 is 17.9. The molecule has 1 aliphatic carbocycles. The molecule has 2 aromatic rings. The van der Waals surface area contributed by atoms with Gasteiger partial charge in [-0.2, -0.15) is 0 Å². The summed E-state index contributed by atoms with van der Waals surface area (Å²) in [5, 5.41) is 0. The van der Waals surface area contributed by atoms with E-state index in [1.54, 1.807) is 18.1 Å². The third kappa shape index (κ3) is 4.36. The SMILES string of the molecule is COc1cc(C2C3=C(OC4CCCCC4C3=O)C(=O)N2c2cccc(C)n2)ccc1OCCC(C)C. The number of hydrogen-bond acceptors (Lipinski definition) is 6. The van der Waals surface area contributed by atoms with Crippen molar-refractivity contribution in [3.8, 4) is 11.5 Å². The van der Waals surface area contributed by atoms with Gasteiger partial charge in [-0.1, -0.05) is 32.4 Å². The van der Waals surface area contributed by atoms with Crippen molar-refractivity contribution in [3.63, 3.8) is 0 Å². The van der Waals surface area contributed by atoms with Crippen molar-refractivity contribution in [3.05, 3.63) is 59.0 Å². The van der Waals surface area contributed by atoms with Crippen LogP contribution in [0.1, 0.15) is 63.3 Å². The number of fused-ring (bicyclic) bond motifs is 1. The Morgan fingerprint density at radius 3 is 2.67 bits per heavy atom. The molecular formula is C29H34N2O5. The molecule has 0 N–H and O–H groups in total. The van der Waals surface area contributed by atoms with Gasteiger partial charge in [0.25, 0.3) is 5.91 Å². The summed E-state index contributed by atoms with van der Waals surface area (Å²) in [5.41, 5.74) is 1.98. The molecule has 0 spiro atoms. The van der Waals surface area contributed by atoms with Crippen LogP contribution in [-0.4, -0.2) is 36.5 Å². The molecule has 3 unspecified atom stereocenters. The second kappa shape index (κ2) is 9.96. The molecule has 1 amide bonds. The number of benzene rings is 1. The first kappa shape index (κ1) is 24.3. The van der Waals surface area contributed by atoms with Crippen LogP contribution >= 0.6 is 0 Å². The number of anilines is 1. The highest BCUT2D eigenvalue weighted by Gasteiger charge is 2.52. The molecule has 1 saturated carbocycles. The lowest BCUT2D eigenvalue weighted by molar-refractivity contribution is -0.131. The largest absolute Gasteiger partial charge is 0.493 e. The van der Waals surface area contributed by atoms with E-state index in [4.69, 9.17) is 14.2 Å². The first-order valence-electron chi connectivity index (χ1n) is 12.9.